The lowest BCUT2D eigenvalue weighted by molar-refractivity contribution is 0.629. The van der Waals surface area contributed by atoms with Crippen molar-refractivity contribution in [2.45, 2.75) is 34.1 Å². The van der Waals surface area contributed by atoms with Crippen molar-refractivity contribution in [2.75, 3.05) is 36.0 Å². The van der Waals surface area contributed by atoms with E-state index in [-0.39, 0.29) is 0 Å². The third kappa shape index (κ3) is 2.87. The Balaban J connectivity index is 1.59. The average molecular weight is 351 g/mol. The van der Waals surface area contributed by atoms with E-state index < -0.39 is 0 Å². The summed E-state index contributed by atoms with van der Waals surface area (Å²) in [6.45, 7) is 12.0. The van der Waals surface area contributed by atoms with Crippen molar-refractivity contribution in [3.05, 3.63) is 41.1 Å². The van der Waals surface area contributed by atoms with Crippen LogP contribution in [0.3, 0.4) is 0 Å². The van der Waals surface area contributed by atoms with E-state index in [1.807, 2.05) is 24.4 Å². The maximum Gasteiger partial charge on any atom is 0.157 e. The topological polar surface area (TPSA) is 62.5 Å². The summed E-state index contributed by atoms with van der Waals surface area (Å²) in [6.07, 6.45) is 2.64. The summed E-state index contributed by atoms with van der Waals surface area (Å²) >= 11 is 0. The van der Waals surface area contributed by atoms with E-state index in [0.29, 0.717) is 0 Å². The van der Waals surface area contributed by atoms with E-state index in [9.17, 15) is 0 Å². The van der Waals surface area contributed by atoms with Gasteiger partial charge in [-0.3, -0.25) is 0 Å². The van der Waals surface area contributed by atoms with E-state index in [2.05, 4.69) is 49.8 Å². The first-order valence-electron chi connectivity index (χ1n) is 9.21. The molecule has 0 aliphatic carbocycles. The van der Waals surface area contributed by atoms with Crippen LogP contribution < -0.4 is 9.80 Å². The van der Waals surface area contributed by atoms with Crippen LogP contribution in [0.15, 0.2) is 18.5 Å². The van der Waals surface area contributed by atoms with Gasteiger partial charge in [0, 0.05) is 55.3 Å². The highest BCUT2D eigenvalue weighted by Crippen LogP contribution is 2.24. The molecule has 3 aromatic heterocycles. The lowest BCUT2D eigenvalue weighted by atomic mass is 10.1. The molecular formula is C19H25N7. The van der Waals surface area contributed by atoms with Gasteiger partial charge in [0.25, 0.3) is 0 Å². The molecule has 26 heavy (non-hydrogen) atoms. The number of piperazine rings is 1. The third-order valence-corrected chi connectivity index (χ3v) is 5.05. The van der Waals surface area contributed by atoms with Gasteiger partial charge in [-0.15, -0.1) is 0 Å². The van der Waals surface area contributed by atoms with Crippen molar-refractivity contribution in [1.29, 1.82) is 0 Å². The molecular weight excluding hydrogens is 326 g/mol. The molecule has 0 bridgehead atoms. The number of hydrogen-bond acceptors (Lipinski definition) is 6. The van der Waals surface area contributed by atoms with Crippen molar-refractivity contribution < 1.29 is 0 Å². The molecule has 1 fully saturated rings. The van der Waals surface area contributed by atoms with Gasteiger partial charge in [-0.25, -0.2) is 15.0 Å². The predicted molar refractivity (Wildman–Crippen MR) is 103 cm³/mol. The van der Waals surface area contributed by atoms with Crippen LogP contribution in [0.5, 0.6) is 0 Å². The summed E-state index contributed by atoms with van der Waals surface area (Å²) in [5.41, 5.74) is 5.27. The minimum absolute atomic E-state index is 0.916. The molecule has 1 aliphatic heterocycles. The fraction of sp³-hybridized carbons (Fsp3) is 0.474. The number of nitrogens with zero attached hydrogens (tertiary/aromatic N) is 7. The number of rotatable bonds is 3. The summed E-state index contributed by atoms with van der Waals surface area (Å²) in [7, 11) is 0. The lowest BCUT2D eigenvalue weighted by Gasteiger charge is -2.37. The molecule has 0 atom stereocenters. The Morgan fingerprint density at radius 1 is 0.923 bits per heavy atom. The zero-order chi connectivity index (χ0) is 18.3. The maximum atomic E-state index is 4.62. The van der Waals surface area contributed by atoms with E-state index in [4.69, 9.17) is 0 Å². The number of hydrogen-bond donors (Lipinski definition) is 0. The van der Waals surface area contributed by atoms with Crippen LogP contribution in [0.2, 0.25) is 0 Å². The second kappa shape index (κ2) is 6.55. The molecule has 3 aromatic rings. The Labute approximate surface area is 153 Å². The molecule has 0 spiro atoms. The van der Waals surface area contributed by atoms with Crippen molar-refractivity contribution in [3.8, 4) is 0 Å². The van der Waals surface area contributed by atoms with Crippen molar-refractivity contribution in [3.63, 3.8) is 0 Å². The van der Waals surface area contributed by atoms with Crippen LogP contribution >= 0.6 is 0 Å². The summed E-state index contributed by atoms with van der Waals surface area (Å²) in [5, 5.41) is 4.62. The minimum atomic E-state index is 0.916. The quantitative estimate of drug-likeness (QED) is 0.722. The second-order valence-corrected chi connectivity index (χ2v) is 6.90. The smallest absolute Gasteiger partial charge is 0.157 e. The Kier molecular flexibility index (Phi) is 4.22. The predicted octanol–water partition coefficient (Wildman–Crippen LogP) is 2.33. The standard InChI is InChI=1S/C19H25N7/c1-5-16-15(4)20-12-21-19(16)25-8-6-24(7-9-25)18-11-13(2)22-17-10-14(3)23-26(17)18/h10-12H,5-9H2,1-4H3. The van der Waals surface area contributed by atoms with Crippen LogP contribution in [0, 0.1) is 20.8 Å². The molecule has 0 saturated carbocycles. The first-order chi connectivity index (χ1) is 12.6. The monoisotopic (exact) mass is 351 g/mol. The Bertz CT molecular complexity index is 938. The molecule has 1 saturated heterocycles. The van der Waals surface area contributed by atoms with Crippen LogP contribution in [0.1, 0.15) is 29.6 Å². The molecule has 0 aromatic carbocycles. The van der Waals surface area contributed by atoms with Crippen LogP contribution in [0.4, 0.5) is 11.6 Å². The van der Waals surface area contributed by atoms with Gasteiger partial charge in [0.05, 0.1) is 5.69 Å². The van der Waals surface area contributed by atoms with Gasteiger partial charge in [-0.2, -0.15) is 9.61 Å². The molecule has 0 radical (unpaired) electrons. The van der Waals surface area contributed by atoms with Gasteiger partial charge in [-0.05, 0) is 27.2 Å². The highest BCUT2D eigenvalue weighted by Gasteiger charge is 2.23. The van der Waals surface area contributed by atoms with Crippen LogP contribution in [-0.4, -0.2) is 50.7 Å². The summed E-state index contributed by atoms with van der Waals surface area (Å²) < 4.78 is 1.96. The Hall–Kier alpha value is -2.70. The molecule has 4 heterocycles. The summed E-state index contributed by atoms with van der Waals surface area (Å²) in [6, 6.07) is 4.16. The van der Waals surface area contributed by atoms with Crippen LogP contribution in [0.25, 0.3) is 5.65 Å². The zero-order valence-corrected chi connectivity index (χ0v) is 15.9. The Morgan fingerprint density at radius 3 is 2.38 bits per heavy atom. The highest BCUT2D eigenvalue weighted by atomic mass is 15.4. The SMILES string of the molecule is CCc1c(C)ncnc1N1CCN(c2cc(C)nc3cc(C)nn23)CC1. The van der Waals surface area contributed by atoms with Gasteiger partial charge in [-0.1, -0.05) is 6.92 Å². The number of fused-ring (bicyclic) bond motifs is 1. The average Bonchev–Trinajstić information content (AvgIpc) is 3.01. The lowest BCUT2D eigenvalue weighted by Crippen LogP contribution is -2.47. The largest absolute Gasteiger partial charge is 0.353 e. The summed E-state index contributed by atoms with van der Waals surface area (Å²) in [5.74, 6) is 2.21. The fourth-order valence-electron chi connectivity index (χ4n) is 3.74. The van der Waals surface area contributed by atoms with Gasteiger partial charge in [0.15, 0.2) is 5.65 Å². The molecule has 4 rings (SSSR count). The number of aryl methyl sites for hydroxylation is 3. The molecule has 0 amide bonds. The number of anilines is 2. The Morgan fingerprint density at radius 2 is 1.65 bits per heavy atom. The normalized spacial score (nSPS) is 15.1. The van der Waals surface area contributed by atoms with Crippen molar-refractivity contribution in [2.24, 2.45) is 0 Å². The highest BCUT2D eigenvalue weighted by molar-refractivity contribution is 5.54. The molecule has 7 heteroatoms. The maximum absolute atomic E-state index is 4.62. The van der Waals surface area contributed by atoms with Gasteiger partial charge in [0.2, 0.25) is 0 Å². The van der Waals surface area contributed by atoms with Crippen molar-refractivity contribution in [1.82, 2.24) is 24.6 Å². The van der Waals surface area contributed by atoms with Gasteiger partial charge >= 0.3 is 0 Å². The molecule has 1 aliphatic rings. The minimum Gasteiger partial charge on any atom is -0.353 e. The van der Waals surface area contributed by atoms with E-state index in [1.165, 1.54) is 5.56 Å². The second-order valence-electron chi connectivity index (χ2n) is 6.90. The summed E-state index contributed by atoms with van der Waals surface area (Å²) in [4.78, 5) is 18.3. The fourth-order valence-corrected chi connectivity index (χ4v) is 3.74. The van der Waals surface area contributed by atoms with Gasteiger partial charge < -0.3 is 9.80 Å². The van der Waals surface area contributed by atoms with E-state index in [1.54, 1.807) is 6.33 Å². The zero-order valence-electron chi connectivity index (χ0n) is 15.9. The van der Waals surface area contributed by atoms with E-state index in [0.717, 1.165) is 67.0 Å². The van der Waals surface area contributed by atoms with Gasteiger partial charge in [0.1, 0.15) is 18.0 Å². The first kappa shape index (κ1) is 16.8. The van der Waals surface area contributed by atoms with E-state index >= 15 is 0 Å². The third-order valence-electron chi connectivity index (χ3n) is 5.05. The van der Waals surface area contributed by atoms with Crippen molar-refractivity contribution >= 4 is 17.3 Å². The molecule has 136 valence electrons. The first-order valence-corrected chi connectivity index (χ1v) is 9.21. The number of aromatic nitrogens is 5. The van der Waals surface area contributed by atoms with Crippen LogP contribution in [-0.2, 0) is 6.42 Å². The molecule has 7 nitrogen and oxygen atoms in total. The molecule has 0 N–H and O–H groups in total. The molecule has 0 unspecified atom stereocenters.